The van der Waals surface area contributed by atoms with Gasteiger partial charge in [0.2, 0.25) is 0 Å². The molecule has 5 heteroatoms. The highest BCUT2D eigenvalue weighted by molar-refractivity contribution is 6.43. The van der Waals surface area contributed by atoms with Gasteiger partial charge in [0.15, 0.2) is 5.71 Å². The second-order valence-corrected chi connectivity index (χ2v) is 5.21. The maximum atomic E-state index is 12.4. The van der Waals surface area contributed by atoms with E-state index in [1.54, 1.807) is 6.07 Å². The number of esters is 1. The Morgan fingerprint density at radius 2 is 1.74 bits per heavy atom. The molecule has 5 nitrogen and oxygen atoms in total. The Morgan fingerprint density at radius 1 is 1.00 bits per heavy atom. The van der Waals surface area contributed by atoms with Gasteiger partial charge in [-0.05, 0) is 18.1 Å². The molecule has 1 aliphatic rings. The normalized spacial score (nSPS) is 15.9. The highest BCUT2D eigenvalue weighted by Gasteiger charge is 2.22. The van der Waals surface area contributed by atoms with Crippen LogP contribution in [0, 0.1) is 6.92 Å². The number of benzene rings is 2. The Hall–Kier alpha value is -2.82. The molecule has 0 amide bonds. The zero-order valence-corrected chi connectivity index (χ0v) is 13.0. The molecule has 2 aromatic carbocycles. The van der Waals surface area contributed by atoms with Crippen LogP contribution in [0.25, 0.3) is 0 Å². The molecule has 0 N–H and O–H groups in total. The molecule has 0 aliphatic carbocycles. The largest absolute Gasteiger partial charge is 0.488 e. The Morgan fingerprint density at radius 3 is 2.57 bits per heavy atom. The van der Waals surface area contributed by atoms with E-state index >= 15 is 0 Å². The second kappa shape index (κ2) is 6.52. The van der Waals surface area contributed by atoms with Crippen LogP contribution < -0.4 is 4.74 Å². The molecule has 0 spiro atoms. The molecular formula is C18H17NO4. The third-order valence-corrected chi connectivity index (χ3v) is 3.67. The molecular weight excluding hydrogens is 294 g/mol. The van der Waals surface area contributed by atoms with Gasteiger partial charge < -0.3 is 14.3 Å². The maximum Gasteiger partial charge on any atom is 0.361 e. The molecule has 0 fully saturated rings. The van der Waals surface area contributed by atoms with Crippen LogP contribution in [-0.4, -0.2) is 18.8 Å². The average molecular weight is 311 g/mol. The average Bonchev–Trinajstić information content (AvgIpc) is 2.57. The number of hydrogen-bond acceptors (Lipinski definition) is 5. The van der Waals surface area contributed by atoms with Crippen LogP contribution in [0.1, 0.15) is 22.3 Å². The highest BCUT2D eigenvalue weighted by atomic mass is 16.6. The van der Waals surface area contributed by atoms with Gasteiger partial charge in [0.05, 0.1) is 0 Å². The first kappa shape index (κ1) is 15.1. The lowest BCUT2D eigenvalue weighted by atomic mass is 10.0. The van der Waals surface area contributed by atoms with E-state index in [1.807, 2.05) is 43.3 Å². The minimum Gasteiger partial charge on any atom is -0.488 e. The molecule has 3 rings (SSSR count). The molecule has 0 unspecified atom stereocenters. The number of hydrogen-bond donors (Lipinski definition) is 0. The summed E-state index contributed by atoms with van der Waals surface area (Å²) in [5, 5.41) is 3.84. The van der Waals surface area contributed by atoms with E-state index in [-0.39, 0.29) is 12.3 Å². The number of oxime groups is 1. The maximum absolute atomic E-state index is 12.4. The number of rotatable bonds is 1. The van der Waals surface area contributed by atoms with Gasteiger partial charge in [-0.3, -0.25) is 0 Å². The van der Waals surface area contributed by atoms with Gasteiger partial charge in [-0.25, -0.2) is 4.79 Å². The van der Waals surface area contributed by atoms with E-state index in [0.29, 0.717) is 12.2 Å². The van der Waals surface area contributed by atoms with E-state index in [9.17, 15) is 4.79 Å². The van der Waals surface area contributed by atoms with Gasteiger partial charge in [-0.1, -0.05) is 47.6 Å². The third kappa shape index (κ3) is 3.04. The predicted molar refractivity (Wildman–Crippen MR) is 85.3 cm³/mol. The number of ether oxygens (including phenoxy) is 2. The Bertz CT molecular complexity index is 767. The monoisotopic (exact) mass is 311 g/mol. The fourth-order valence-corrected chi connectivity index (χ4v) is 2.56. The first-order valence-electron chi connectivity index (χ1n) is 7.28. The van der Waals surface area contributed by atoms with Crippen LogP contribution in [0.4, 0.5) is 0 Å². The summed E-state index contributed by atoms with van der Waals surface area (Å²) in [4.78, 5) is 17.2. The van der Waals surface area contributed by atoms with Gasteiger partial charge in [0, 0.05) is 11.1 Å². The summed E-state index contributed by atoms with van der Waals surface area (Å²) in [5.41, 5.74) is 3.47. The number of carbonyl (C=O) groups is 1. The lowest BCUT2D eigenvalue weighted by Crippen LogP contribution is -2.22. The van der Waals surface area contributed by atoms with E-state index < -0.39 is 5.97 Å². The fourth-order valence-electron chi connectivity index (χ4n) is 2.56. The Labute approximate surface area is 134 Å². The van der Waals surface area contributed by atoms with Crippen LogP contribution >= 0.6 is 0 Å². The van der Waals surface area contributed by atoms with Crippen molar-refractivity contribution in [2.24, 2.45) is 5.16 Å². The lowest BCUT2D eigenvalue weighted by molar-refractivity contribution is -0.136. The van der Waals surface area contributed by atoms with Crippen molar-refractivity contribution in [3.05, 3.63) is 64.7 Å². The van der Waals surface area contributed by atoms with Gasteiger partial charge in [0.1, 0.15) is 26.1 Å². The predicted octanol–water partition coefficient (Wildman–Crippen LogP) is 2.98. The Balaban J connectivity index is 2.09. The molecule has 118 valence electrons. The molecule has 2 aromatic rings. The topological polar surface area (TPSA) is 57.1 Å². The fraction of sp³-hybridized carbons (Fsp3) is 0.222. The first-order valence-corrected chi connectivity index (χ1v) is 7.28. The minimum absolute atomic E-state index is 0.126. The first-order chi connectivity index (χ1) is 11.2. The molecule has 0 radical (unpaired) electrons. The summed E-state index contributed by atoms with van der Waals surface area (Å²) in [6.45, 7) is 2.43. The molecule has 1 aliphatic heterocycles. The number of nitrogens with zero attached hydrogens (tertiary/aromatic N) is 1. The second-order valence-electron chi connectivity index (χ2n) is 5.21. The zero-order chi connectivity index (χ0) is 16.2. The van der Waals surface area contributed by atoms with Gasteiger partial charge in [-0.2, -0.15) is 0 Å². The standard InChI is InChI=1S/C18H17NO4/c1-12-6-5-8-14-11-23-18(20)16(19-21-2)15-9-4-3-7-13(15)10-22-17(12)14/h3-9H,10-11H2,1-2H3/b19-16+. The summed E-state index contributed by atoms with van der Waals surface area (Å²) in [6.07, 6.45) is 0. The van der Waals surface area contributed by atoms with E-state index in [1.165, 1.54) is 7.11 Å². The van der Waals surface area contributed by atoms with Crippen molar-refractivity contribution in [1.82, 2.24) is 0 Å². The van der Waals surface area contributed by atoms with Crippen molar-refractivity contribution < 1.29 is 19.1 Å². The smallest absolute Gasteiger partial charge is 0.361 e. The summed E-state index contributed by atoms with van der Waals surface area (Å²) in [6, 6.07) is 13.2. The number of carbonyl (C=O) groups excluding carboxylic acids is 1. The molecule has 1 heterocycles. The van der Waals surface area contributed by atoms with Gasteiger partial charge >= 0.3 is 5.97 Å². The highest BCUT2D eigenvalue weighted by Crippen LogP contribution is 2.27. The van der Waals surface area contributed by atoms with Gasteiger partial charge in [-0.15, -0.1) is 0 Å². The number of cyclic esters (lactones) is 1. The molecule has 0 bridgehead atoms. The summed E-state index contributed by atoms with van der Waals surface area (Å²) in [5.74, 6) is 0.232. The minimum atomic E-state index is -0.520. The molecule has 0 saturated carbocycles. The summed E-state index contributed by atoms with van der Waals surface area (Å²) >= 11 is 0. The van der Waals surface area contributed by atoms with Crippen molar-refractivity contribution in [2.45, 2.75) is 20.1 Å². The molecule has 0 aromatic heterocycles. The lowest BCUT2D eigenvalue weighted by Gasteiger charge is -2.18. The number of fused-ring (bicyclic) bond motifs is 2. The third-order valence-electron chi connectivity index (χ3n) is 3.67. The molecule has 23 heavy (non-hydrogen) atoms. The van der Waals surface area contributed by atoms with Crippen molar-refractivity contribution >= 4 is 11.7 Å². The SMILES string of the molecule is CO/N=C1/C(=O)OCc2cccc(C)c2OCc2ccccc21. The summed E-state index contributed by atoms with van der Waals surface area (Å²) in [7, 11) is 1.40. The van der Waals surface area contributed by atoms with Crippen molar-refractivity contribution in [2.75, 3.05) is 7.11 Å². The van der Waals surface area contributed by atoms with Crippen LogP contribution in [0.2, 0.25) is 0 Å². The van der Waals surface area contributed by atoms with Crippen LogP contribution in [0.3, 0.4) is 0 Å². The van der Waals surface area contributed by atoms with Crippen molar-refractivity contribution in [1.29, 1.82) is 0 Å². The van der Waals surface area contributed by atoms with Crippen LogP contribution in [-0.2, 0) is 27.6 Å². The van der Waals surface area contributed by atoms with Crippen molar-refractivity contribution in [3.63, 3.8) is 0 Å². The van der Waals surface area contributed by atoms with E-state index in [2.05, 4.69) is 5.16 Å². The van der Waals surface area contributed by atoms with Gasteiger partial charge in [0.25, 0.3) is 0 Å². The van der Waals surface area contributed by atoms with E-state index in [4.69, 9.17) is 14.3 Å². The zero-order valence-electron chi connectivity index (χ0n) is 13.0. The Kier molecular flexibility index (Phi) is 4.28. The van der Waals surface area contributed by atoms with Crippen LogP contribution in [0.5, 0.6) is 5.75 Å². The molecule has 0 atom stereocenters. The number of aryl methyl sites for hydroxylation is 1. The summed E-state index contributed by atoms with van der Waals surface area (Å²) < 4.78 is 11.4. The quantitative estimate of drug-likeness (QED) is 0.600. The molecule has 0 saturated heterocycles. The number of para-hydroxylation sites is 1. The van der Waals surface area contributed by atoms with E-state index in [0.717, 1.165) is 22.4 Å². The van der Waals surface area contributed by atoms with Crippen molar-refractivity contribution in [3.8, 4) is 5.75 Å². The van der Waals surface area contributed by atoms with Crippen LogP contribution in [0.15, 0.2) is 47.6 Å².